The highest BCUT2D eigenvalue weighted by molar-refractivity contribution is 5.77. The number of hydrogen-bond acceptors (Lipinski definition) is 3. The third-order valence-electron chi connectivity index (χ3n) is 2.05. The molecule has 0 aliphatic heterocycles. The van der Waals surface area contributed by atoms with E-state index in [4.69, 9.17) is 5.73 Å². The van der Waals surface area contributed by atoms with Crippen molar-refractivity contribution in [3.05, 3.63) is 24.3 Å². The van der Waals surface area contributed by atoms with Crippen LogP contribution in [-0.4, -0.2) is 22.4 Å². The van der Waals surface area contributed by atoms with Crippen LogP contribution in [0.1, 0.15) is 6.42 Å². The van der Waals surface area contributed by atoms with Crippen LogP contribution in [0.15, 0.2) is 24.3 Å². The molecule has 1 amide bonds. The Morgan fingerprint density at radius 1 is 1.47 bits per heavy atom. The number of primary amides is 1. The van der Waals surface area contributed by atoms with Crippen LogP contribution < -0.4 is 11.1 Å². The second kappa shape index (κ2) is 4.00. The minimum Gasteiger partial charge on any atom is -0.370 e. The lowest BCUT2D eigenvalue weighted by molar-refractivity contribution is -0.117. The first-order valence-corrected chi connectivity index (χ1v) is 4.72. The number of nitrogens with one attached hydrogen (secondary N) is 2. The molecule has 0 spiro atoms. The summed E-state index contributed by atoms with van der Waals surface area (Å²) in [5.41, 5.74) is 6.90. The number of anilines is 1. The van der Waals surface area contributed by atoms with E-state index in [1.165, 1.54) is 0 Å². The van der Waals surface area contributed by atoms with Gasteiger partial charge in [-0.2, -0.15) is 0 Å². The molecule has 0 radical (unpaired) electrons. The third-order valence-corrected chi connectivity index (χ3v) is 2.05. The maximum Gasteiger partial charge on any atom is 0.219 e. The molecule has 2 aromatic rings. The van der Waals surface area contributed by atoms with Crippen molar-refractivity contribution in [1.29, 1.82) is 0 Å². The van der Waals surface area contributed by atoms with Gasteiger partial charge in [0.25, 0.3) is 0 Å². The molecule has 1 aromatic heterocycles. The van der Waals surface area contributed by atoms with Crippen LogP contribution >= 0.6 is 0 Å². The van der Waals surface area contributed by atoms with Crippen molar-refractivity contribution in [2.45, 2.75) is 6.42 Å². The summed E-state index contributed by atoms with van der Waals surface area (Å²) in [6.45, 7) is 0.495. The highest BCUT2D eigenvalue weighted by Crippen LogP contribution is 2.12. The molecule has 5 heteroatoms. The minimum absolute atomic E-state index is 0.303. The second-order valence-corrected chi connectivity index (χ2v) is 3.25. The van der Waals surface area contributed by atoms with Crippen molar-refractivity contribution in [1.82, 2.24) is 9.97 Å². The molecule has 0 atom stereocenters. The minimum atomic E-state index is -0.321. The Balaban J connectivity index is 2.05. The molecule has 1 aromatic carbocycles. The highest BCUT2D eigenvalue weighted by Gasteiger charge is 2.01. The summed E-state index contributed by atoms with van der Waals surface area (Å²) in [6.07, 6.45) is 0.303. The molecule has 0 fully saturated rings. The number of fused-ring (bicyclic) bond motifs is 1. The number of aromatic amines is 1. The molecular formula is C10H12N4O. The summed E-state index contributed by atoms with van der Waals surface area (Å²) in [6, 6.07) is 7.73. The van der Waals surface area contributed by atoms with Crippen molar-refractivity contribution in [2.24, 2.45) is 5.73 Å². The number of imidazole rings is 1. The number of amides is 1. The fraction of sp³-hybridized carbons (Fsp3) is 0.200. The summed E-state index contributed by atoms with van der Waals surface area (Å²) in [5.74, 6) is 0.344. The second-order valence-electron chi connectivity index (χ2n) is 3.25. The molecule has 2 rings (SSSR count). The highest BCUT2D eigenvalue weighted by atomic mass is 16.1. The average Bonchev–Trinajstić information content (AvgIpc) is 2.59. The smallest absolute Gasteiger partial charge is 0.219 e. The average molecular weight is 204 g/mol. The van der Waals surface area contributed by atoms with Gasteiger partial charge in [0.1, 0.15) is 0 Å². The summed E-state index contributed by atoms with van der Waals surface area (Å²) in [5, 5.41) is 3.00. The number of H-pyrrole nitrogens is 1. The van der Waals surface area contributed by atoms with Crippen molar-refractivity contribution in [2.75, 3.05) is 11.9 Å². The standard InChI is InChI=1S/C10H12N4O/c11-9(15)5-6-12-10-13-7-3-1-2-4-8(7)14-10/h1-4H,5-6H2,(H2,11,15)(H2,12,13,14). The van der Waals surface area contributed by atoms with Crippen molar-refractivity contribution in [3.8, 4) is 0 Å². The Hall–Kier alpha value is -2.04. The van der Waals surface area contributed by atoms with Gasteiger partial charge in [-0.25, -0.2) is 4.98 Å². The normalized spacial score (nSPS) is 10.4. The molecular weight excluding hydrogens is 192 g/mol. The first-order valence-electron chi connectivity index (χ1n) is 4.72. The number of carbonyl (C=O) groups is 1. The molecule has 0 aliphatic carbocycles. The first kappa shape index (κ1) is 9.51. The van der Waals surface area contributed by atoms with Crippen LogP contribution in [0.5, 0.6) is 0 Å². The van der Waals surface area contributed by atoms with Crippen LogP contribution in [0.25, 0.3) is 11.0 Å². The van der Waals surface area contributed by atoms with E-state index >= 15 is 0 Å². The Morgan fingerprint density at radius 3 is 3.00 bits per heavy atom. The number of nitrogens with two attached hydrogens (primary N) is 1. The molecule has 0 bridgehead atoms. The molecule has 0 saturated heterocycles. The monoisotopic (exact) mass is 204 g/mol. The maximum atomic E-state index is 10.5. The van der Waals surface area contributed by atoms with Gasteiger partial charge in [0.2, 0.25) is 11.9 Å². The van der Waals surface area contributed by atoms with Gasteiger partial charge in [0, 0.05) is 13.0 Å². The molecule has 78 valence electrons. The third kappa shape index (κ3) is 2.25. The van der Waals surface area contributed by atoms with Gasteiger partial charge < -0.3 is 16.0 Å². The lowest BCUT2D eigenvalue weighted by Crippen LogP contribution is -2.16. The van der Waals surface area contributed by atoms with E-state index in [0.717, 1.165) is 11.0 Å². The number of hydrogen-bond donors (Lipinski definition) is 3. The largest absolute Gasteiger partial charge is 0.370 e. The van der Waals surface area contributed by atoms with Gasteiger partial charge >= 0.3 is 0 Å². The number of aromatic nitrogens is 2. The Morgan fingerprint density at radius 2 is 2.27 bits per heavy atom. The fourth-order valence-electron chi connectivity index (χ4n) is 1.34. The number of carbonyl (C=O) groups excluding carboxylic acids is 1. The lowest BCUT2D eigenvalue weighted by Gasteiger charge is -1.98. The number of nitrogens with zero attached hydrogens (tertiary/aromatic N) is 1. The molecule has 1 heterocycles. The topological polar surface area (TPSA) is 83.8 Å². The van der Waals surface area contributed by atoms with E-state index in [0.29, 0.717) is 18.9 Å². The van der Waals surface area contributed by atoms with Crippen LogP contribution in [-0.2, 0) is 4.79 Å². The van der Waals surface area contributed by atoms with Gasteiger partial charge in [-0.05, 0) is 12.1 Å². The number of para-hydroxylation sites is 2. The van der Waals surface area contributed by atoms with Crippen LogP contribution in [0.3, 0.4) is 0 Å². The maximum absolute atomic E-state index is 10.5. The lowest BCUT2D eigenvalue weighted by atomic mass is 10.3. The van der Waals surface area contributed by atoms with Crippen LogP contribution in [0.4, 0.5) is 5.95 Å². The van der Waals surface area contributed by atoms with E-state index in [1.54, 1.807) is 0 Å². The van der Waals surface area contributed by atoms with Gasteiger partial charge in [-0.15, -0.1) is 0 Å². The summed E-state index contributed by atoms with van der Waals surface area (Å²) in [7, 11) is 0. The quantitative estimate of drug-likeness (QED) is 0.690. The van der Waals surface area contributed by atoms with Crippen LogP contribution in [0, 0.1) is 0 Å². The van der Waals surface area contributed by atoms with Crippen LogP contribution in [0.2, 0.25) is 0 Å². The van der Waals surface area contributed by atoms with Crippen molar-refractivity contribution in [3.63, 3.8) is 0 Å². The predicted octanol–water partition coefficient (Wildman–Crippen LogP) is 0.850. The van der Waals surface area contributed by atoms with Crippen molar-refractivity contribution >= 4 is 22.9 Å². The Kier molecular flexibility index (Phi) is 2.53. The molecule has 4 N–H and O–H groups in total. The van der Waals surface area contributed by atoms with E-state index in [2.05, 4.69) is 15.3 Å². The molecule has 0 unspecified atom stereocenters. The molecule has 5 nitrogen and oxygen atoms in total. The van der Waals surface area contributed by atoms with Gasteiger partial charge in [0.15, 0.2) is 0 Å². The zero-order valence-electron chi connectivity index (χ0n) is 8.16. The van der Waals surface area contributed by atoms with E-state index in [9.17, 15) is 4.79 Å². The van der Waals surface area contributed by atoms with E-state index in [-0.39, 0.29) is 5.91 Å². The number of benzene rings is 1. The Bertz CT molecular complexity index is 444. The first-order chi connectivity index (χ1) is 7.25. The Labute approximate surface area is 86.7 Å². The zero-order valence-corrected chi connectivity index (χ0v) is 8.16. The molecule has 15 heavy (non-hydrogen) atoms. The summed E-state index contributed by atoms with van der Waals surface area (Å²) in [4.78, 5) is 17.9. The predicted molar refractivity (Wildman–Crippen MR) is 58.4 cm³/mol. The summed E-state index contributed by atoms with van der Waals surface area (Å²) < 4.78 is 0. The number of rotatable bonds is 4. The van der Waals surface area contributed by atoms with E-state index < -0.39 is 0 Å². The summed E-state index contributed by atoms with van der Waals surface area (Å²) >= 11 is 0. The van der Waals surface area contributed by atoms with Gasteiger partial charge in [0.05, 0.1) is 11.0 Å². The molecule has 0 aliphatic rings. The SMILES string of the molecule is NC(=O)CCNc1nc2ccccc2[nH]1. The molecule has 0 saturated carbocycles. The van der Waals surface area contributed by atoms with Gasteiger partial charge in [-0.1, -0.05) is 12.1 Å². The van der Waals surface area contributed by atoms with E-state index in [1.807, 2.05) is 24.3 Å². The van der Waals surface area contributed by atoms with Gasteiger partial charge in [-0.3, -0.25) is 4.79 Å². The van der Waals surface area contributed by atoms with Crippen molar-refractivity contribution < 1.29 is 4.79 Å². The fourth-order valence-corrected chi connectivity index (χ4v) is 1.34. The zero-order chi connectivity index (χ0) is 10.7.